The fourth-order valence-corrected chi connectivity index (χ4v) is 2.34. The Morgan fingerprint density at radius 2 is 2.08 bits per heavy atom. The van der Waals surface area contributed by atoms with E-state index < -0.39 is 6.03 Å². The molecule has 0 bridgehead atoms. The van der Waals surface area contributed by atoms with Crippen LogP contribution in [0.15, 0.2) is 42.5 Å². The number of urea groups is 1. The second-order valence-electron chi connectivity index (χ2n) is 5.27. The summed E-state index contributed by atoms with van der Waals surface area (Å²) in [6, 6.07) is 11.0. The van der Waals surface area contributed by atoms with Crippen LogP contribution in [0.5, 0.6) is 5.75 Å². The number of anilines is 2. The topological polar surface area (TPSA) is 79.5 Å². The summed E-state index contributed by atoms with van der Waals surface area (Å²) in [6.07, 6.45) is 0.402. The Morgan fingerprint density at radius 3 is 2.92 bits per heavy atom. The van der Waals surface area contributed by atoms with Crippen molar-refractivity contribution in [3.63, 3.8) is 0 Å². The van der Waals surface area contributed by atoms with E-state index in [2.05, 4.69) is 16.0 Å². The molecule has 0 radical (unpaired) electrons. The number of ether oxygens (including phenoxy) is 1. The lowest BCUT2D eigenvalue weighted by atomic mass is 10.1. The molecule has 24 heavy (non-hydrogen) atoms. The first kappa shape index (κ1) is 15.8. The van der Waals surface area contributed by atoms with E-state index in [1.807, 2.05) is 0 Å². The molecule has 3 rings (SSSR count). The van der Waals surface area contributed by atoms with E-state index in [1.165, 1.54) is 6.07 Å². The van der Waals surface area contributed by atoms with Crippen molar-refractivity contribution in [1.82, 2.24) is 5.32 Å². The van der Waals surface area contributed by atoms with E-state index in [-0.39, 0.29) is 18.3 Å². The van der Waals surface area contributed by atoms with Crippen LogP contribution in [0.4, 0.5) is 20.6 Å². The smallest absolute Gasteiger partial charge is 0.319 e. The zero-order valence-electron chi connectivity index (χ0n) is 12.8. The maximum absolute atomic E-state index is 13.5. The van der Waals surface area contributed by atoms with Crippen molar-refractivity contribution >= 4 is 23.3 Å². The van der Waals surface area contributed by atoms with Crippen molar-refractivity contribution in [2.75, 3.05) is 23.8 Å². The molecule has 0 spiro atoms. The maximum Gasteiger partial charge on any atom is 0.319 e. The first-order chi connectivity index (χ1) is 11.6. The summed E-state index contributed by atoms with van der Waals surface area (Å²) in [4.78, 5) is 23.1. The SMILES string of the molecule is O=C1COc2cc(NC(=O)NCCc3ccccc3F)ccc2N1. The Balaban J connectivity index is 1.52. The molecule has 3 N–H and O–H groups in total. The lowest BCUT2D eigenvalue weighted by Crippen LogP contribution is -2.30. The van der Waals surface area contributed by atoms with Crippen molar-refractivity contribution in [3.05, 3.63) is 53.8 Å². The van der Waals surface area contributed by atoms with Gasteiger partial charge in [0.25, 0.3) is 5.91 Å². The van der Waals surface area contributed by atoms with Crippen LogP contribution >= 0.6 is 0 Å². The van der Waals surface area contributed by atoms with Gasteiger partial charge in [0.1, 0.15) is 11.6 Å². The highest BCUT2D eigenvalue weighted by molar-refractivity contribution is 5.96. The third-order valence-electron chi connectivity index (χ3n) is 3.51. The van der Waals surface area contributed by atoms with Crippen molar-refractivity contribution in [1.29, 1.82) is 0 Å². The molecule has 1 aliphatic rings. The summed E-state index contributed by atoms with van der Waals surface area (Å²) in [5.41, 5.74) is 1.65. The van der Waals surface area contributed by atoms with E-state index in [9.17, 15) is 14.0 Å². The molecule has 7 heteroatoms. The van der Waals surface area contributed by atoms with Gasteiger partial charge in [0, 0.05) is 18.3 Å². The summed E-state index contributed by atoms with van der Waals surface area (Å²) in [7, 11) is 0. The Morgan fingerprint density at radius 1 is 1.25 bits per heavy atom. The van der Waals surface area contributed by atoms with Gasteiger partial charge in [0.2, 0.25) is 0 Å². The van der Waals surface area contributed by atoms with Crippen molar-refractivity contribution in [2.45, 2.75) is 6.42 Å². The highest BCUT2D eigenvalue weighted by Gasteiger charge is 2.16. The Hall–Kier alpha value is -3.09. The Bertz CT molecular complexity index is 779. The van der Waals surface area contributed by atoms with E-state index in [4.69, 9.17) is 4.74 Å². The second-order valence-corrected chi connectivity index (χ2v) is 5.27. The van der Waals surface area contributed by atoms with Crippen LogP contribution in [0.3, 0.4) is 0 Å². The number of fused-ring (bicyclic) bond motifs is 1. The van der Waals surface area contributed by atoms with Gasteiger partial charge in [-0.15, -0.1) is 0 Å². The third-order valence-corrected chi connectivity index (χ3v) is 3.51. The average molecular weight is 329 g/mol. The third kappa shape index (κ3) is 3.81. The highest BCUT2D eigenvalue weighted by Crippen LogP contribution is 2.30. The summed E-state index contributed by atoms with van der Waals surface area (Å²) >= 11 is 0. The number of nitrogens with one attached hydrogen (secondary N) is 3. The van der Waals surface area contributed by atoms with Gasteiger partial charge in [-0.3, -0.25) is 4.79 Å². The molecule has 0 atom stereocenters. The molecule has 3 amide bonds. The number of halogens is 1. The summed E-state index contributed by atoms with van der Waals surface area (Å²) < 4.78 is 18.8. The van der Waals surface area contributed by atoms with Crippen LogP contribution in [0.2, 0.25) is 0 Å². The Labute approximate surface area is 138 Å². The molecule has 1 aliphatic heterocycles. The van der Waals surface area contributed by atoms with Gasteiger partial charge in [-0.2, -0.15) is 0 Å². The number of benzene rings is 2. The maximum atomic E-state index is 13.5. The van der Waals surface area contributed by atoms with Gasteiger partial charge in [-0.05, 0) is 30.2 Å². The second kappa shape index (κ2) is 6.99. The standard InChI is InChI=1S/C17H16FN3O3/c18-13-4-2-1-3-11(13)7-8-19-17(23)20-12-5-6-14-15(9-12)24-10-16(22)21-14/h1-6,9H,7-8,10H2,(H,21,22)(H2,19,20,23). The van der Waals surface area contributed by atoms with Gasteiger partial charge < -0.3 is 20.7 Å². The van der Waals surface area contributed by atoms with Crippen LogP contribution in [0.25, 0.3) is 0 Å². The lowest BCUT2D eigenvalue weighted by molar-refractivity contribution is -0.118. The molecule has 2 aromatic rings. The number of amides is 3. The van der Waals surface area contributed by atoms with Crippen LogP contribution < -0.4 is 20.7 Å². The minimum Gasteiger partial charge on any atom is -0.482 e. The number of hydrogen-bond donors (Lipinski definition) is 3. The highest BCUT2D eigenvalue weighted by atomic mass is 19.1. The van der Waals surface area contributed by atoms with E-state index >= 15 is 0 Å². The average Bonchev–Trinajstić information content (AvgIpc) is 2.57. The number of rotatable bonds is 4. The molecule has 0 aromatic heterocycles. The molecule has 6 nitrogen and oxygen atoms in total. The monoisotopic (exact) mass is 329 g/mol. The minimum absolute atomic E-state index is 0.0503. The Kier molecular flexibility index (Phi) is 4.60. The predicted molar refractivity (Wildman–Crippen MR) is 87.7 cm³/mol. The predicted octanol–water partition coefficient (Wildman–Crippen LogP) is 2.52. The zero-order valence-corrected chi connectivity index (χ0v) is 12.8. The van der Waals surface area contributed by atoms with Gasteiger partial charge in [0.05, 0.1) is 5.69 Å². The van der Waals surface area contributed by atoms with E-state index in [1.54, 1.807) is 36.4 Å². The molecule has 0 saturated carbocycles. The molecule has 0 aliphatic carbocycles. The molecular formula is C17H16FN3O3. The fraction of sp³-hybridized carbons (Fsp3) is 0.176. The number of carbonyl (C=O) groups is 2. The van der Waals surface area contributed by atoms with Crippen LogP contribution in [-0.2, 0) is 11.2 Å². The van der Waals surface area contributed by atoms with Crippen LogP contribution in [-0.4, -0.2) is 25.1 Å². The lowest BCUT2D eigenvalue weighted by Gasteiger charge is -2.18. The van der Waals surface area contributed by atoms with Crippen LogP contribution in [0.1, 0.15) is 5.56 Å². The van der Waals surface area contributed by atoms with Crippen LogP contribution in [0, 0.1) is 5.82 Å². The van der Waals surface area contributed by atoms with Crippen molar-refractivity contribution in [3.8, 4) is 5.75 Å². The molecule has 0 saturated heterocycles. The number of carbonyl (C=O) groups excluding carboxylic acids is 2. The zero-order chi connectivity index (χ0) is 16.9. The molecule has 2 aromatic carbocycles. The quantitative estimate of drug-likeness (QED) is 0.806. The number of hydrogen-bond acceptors (Lipinski definition) is 3. The normalized spacial score (nSPS) is 12.6. The van der Waals surface area contributed by atoms with Gasteiger partial charge >= 0.3 is 6.03 Å². The van der Waals surface area contributed by atoms with E-state index in [0.29, 0.717) is 35.7 Å². The van der Waals surface area contributed by atoms with E-state index in [0.717, 1.165) is 0 Å². The molecular weight excluding hydrogens is 313 g/mol. The summed E-state index contributed by atoms with van der Waals surface area (Å²) in [6.45, 7) is 0.259. The summed E-state index contributed by atoms with van der Waals surface area (Å²) in [5, 5.41) is 8.00. The molecule has 1 heterocycles. The minimum atomic E-state index is -0.397. The molecule has 124 valence electrons. The molecule has 0 unspecified atom stereocenters. The van der Waals surface area contributed by atoms with Gasteiger partial charge in [-0.1, -0.05) is 18.2 Å². The van der Waals surface area contributed by atoms with Crippen molar-refractivity contribution < 1.29 is 18.7 Å². The first-order valence-corrected chi connectivity index (χ1v) is 7.47. The molecule has 0 fully saturated rings. The van der Waals surface area contributed by atoms with Crippen molar-refractivity contribution in [2.24, 2.45) is 0 Å². The summed E-state index contributed by atoms with van der Waals surface area (Å²) in [5.74, 6) is 0.00134. The first-order valence-electron chi connectivity index (χ1n) is 7.47. The van der Waals surface area contributed by atoms with Gasteiger partial charge in [0.15, 0.2) is 6.61 Å². The van der Waals surface area contributed by atoms with Gasteiger partial charge in [-0.25, -0.2) is 9.18 Å². The largest absolute Gasteiger partial charge is 0.482 e. The fourth-order valence-electron chi connectivity index (χ4n) is 2.34.